The minimum absolute atomic E-state index is 0.277. The largest absolute Gasteiger partial charge is 0.159 e. The Hall–Kier alpha value is -3.26. The minimum atomic E-state index is 0.277. The molecule has 0 N–H and O–H groups in total. The van der Waals surface area contributed by atoms with E-state index < -0.39 is 0 Å². The van der Waals surface area contributed by atoms with E-state index in [9.17, 15) is 0 Å². The van der Waals surface area contributed by atoms with Crippen molar-refractivity contribution in [2.24, 2.45) is 21.0 Å². The van der Waals surface area contributed by atoms with Crippen LogP contribution >= 0.6 is 0 Å². The van der Waals surface area contributed by atoms with Gasteiger partial charge in [-0.25, -0.2) is 0 Å². The highest BCUT2D eigenvalue weighted by Crippen LogP contribution is 2.41. The topological polar surface area (TPSA) is 24.7 Å². The quantitative estimate of drug-likeness (QED) is 0.135. The summed E-state index contributed by atoms with van der Waals surface area (Å²) in [6.07, 6.45) is 36.8. The fraction of sp³-hybridized carbons (Fsp3) is 0.450. The lowest BCUT2D eigenvalue weighted by atomic mass is 9.72. The molecule has 0 radical (unpaired) electrons. The zero-order chi connectivity index (χ0) is 31.2. The van der Waals surface area contributed by atoms with Crippen molar-refractivity contribution in [3.05, 3.63) is 117 Å². The highest BCUT2D eigenvalue weighted by atomic mass is 15.2. The van der Waals surface area contributed by atoms with Gasteiger partial charge < -0.3 is 0 Å². The second-order valence-corrected chi connectivity index (χ2v) is 13.4. The molecule has 0 aromatic heterocycles. The molecule has 0 fully saturated rings. The predicted molar refractivity (Wildman–Crippen MR) is 189 cm³/mol. The number of hydrogen-bond donors (Lipinski definition) is 0. The van der Waals surface area contributed by atoms with Crippen molar-refractivity contribution >= 4 is 12.4 Å². The van der Waals surface area contributed by atoms with Gasteiger partial charge in [-0.15, -0.1) is 0 Å². The van der Waals surface area contributed by atoms with E-state index in [2.05, 4.69) is 140 Å². The Balaban J connectivity index is 1.84. The Morgan fingerprint density at radius 1 is 0.548 bits per heavy atom. The summed E-state index contributed by atoms with van der Waals surface area (Å²) in [4.78, 5) is 0. The lowest BCUT2D eigenvalue weighted by Gasteiger charge is -2.33. The van der Waals surface area contributed by atoms with Gasteiger partial charge in [0.2, 0.25) is 0 Å². The SMILES string of the molecule is CC1=C(\C=C/C(C)=C/C=C/C(C)=C/C=N/N=C/C=C(C)\C=C\C=C(C)/C=C/C2=C(C)CCCC2(C)C)C(C)(C)CCC1. The molecule has 0 spiro atoms. The van der Waals surface area contributed by atoms with Gasteiger partial charge in [0.1, 0.15) is 0 Å². The molecule has 2 nitrogen and oxygen atoms in total. The summed E-state index contributed by atoms with van der Waals surface area (Å²) < 4.78 is 0. The molecule has 2 heteroatoms. The molecule has 42 heavy (non-hydrogen) atoms. The maximum Gasteiger partial charge on any atom is 0.0498 e. The van der Waals surface area contributed by atoms with E-state index in [-0.39, 0.29) is 10.8 Å². The normalized spacial score (nSPS) is 21.7. The zero-order valence-corrected chi connectivity index (χ0v) is 28.2. The first-order valence-electron chi connectivity index (χ1n) is 15.7. The number of allylic oxidation sites excluding steroid dienone is 20. The van der Waals surface area contributed by atoms with Crippen LogP contribution < -0.4 is 0 Å². The van der Waals surface area contributed by atoms with Gasteiger partial charge in [-0.3, -0.25) is 0 Å². The van der Waals surface area contributed by atoms with Crippen LogP contribution in [0.15, 0.2) is 128 Å². The molecular formula is C40H56N2. The molecule has 0 aliphatic heterocycles. The fourth-order valence-electron chi connectivity index (χ4n) is 5.75. The smallest absolute Gasteiger partial charge is 0.0498 e. The van der Waals surface area contributed by atoms with Gasteiger partial charge in [0.05, 0.1) is 0 Å². The molecular weight excluding hydrogens is 508 g/mol. The minimum Gasteiger partial charge on any atom is -0.159 e. The van der Waals surface area contributed by atoms with E-state index in [0.717, 1.165) is 11.1 Å². The third-order valence-corrected chi connectivity index (χ3v) is 8.42. The fourth-order valence-corrected chi connectivity index (χ4v) is 5.75. The van der Waals surface area contributed by atoms with Crippen molar-refractivity contribution in [3.8, 4) is 0 Å². The van der Waals surface area contributed by atoms with E-state index in [4.69, 9.17) is 0 Å². The van der Waals surface area contributed by atoms with Crippen LogP contribution in [0.2, 0.25) is 0 Å². The molecule has 0 atom stereocenters. The molecule has 0 unspecified atom stereocenters. The first kappa shape index (κ1) is 34.9. The highest BCUT2D eigenvalue weighted by molar-refractivity contribution is 5.76. The average Bonchev–Trinajstić information content (AvgIpc) is 2.89. The Morgan fingerprint density at radius 2 is 0.905 bits per heavy atom. The van der Waals surface area contributed by atoms with Gasteiger partial charge in [-0.2, -0.15) is 10.2 Å². The molecule has 2 aliphatic carbocycles. The summed E-state index contributed by atoms with van der Waals surface area (Å²) in [5, 5.41) is 8.26. The van der Waals surface area contributed by atoms with E-state index in [1.165, 1.54) is 72.0 Å². The van der Waals surface area contributed by atoms with Gasteiger partial charge in [0.15, 0.2) is 0 Å². The molecule has 0 aromatic carbocycles. The van der Waals surface area contributed by atoms with Gasteiger partial charge in [0.25, 0.3) is 0 Å². The molecule has 0 bridgehead atoms. The Kier molecular flexibility index (Phi) is 14.1. The maximum absolute atomic E-state index is 4.13. The van der Waals surface area contributed by atoms with E-state index in [1.807, 2.05) is 12.2 Å². The van der Waals surface area contributed by atoms with Crippen LogP contribution in [0, 0.1) is 10.8 Å². The summed E-state index contributed by atoms with van der Waals surface area (Å²) in [5.41, 5.74) is 11.4. The summed E-state index contributed by atoms with van der Waals surface area (Å²) in [6, 6.07) is 0. The molecule has 0 saturated heterocycles. The average molecular weight is 565 g/mol. The van der Waals surface area contributed by atoms with Crippen molar-refractivity contribution in [1.82, 2.24) is 0 Å². The van der Waals surface area contributed by atoms with Gasteiger partial charge >= 0.3 is 0 Å². The molecule has 0 amide bonds. The summed E-state index contributed by atoms with van der Waals surface area (Å²) in [6.45, 7) is 22.4. The molecule has 226 valence electrons. The molecule has 0 saturated carbocycles. The van der Waals surface area contributed by atoms with Crippen molar-refractivity contribution in [3.63, 3.8) is 0 Å². The van der Waals surface area contributed by atoms with E-state index >= 15 is 0 Å². The molecule has 0 heterocycles. The van der Waals surface area contributed by atoms with Crippen molar-refractivity contribution in [2.45, 2.75) is 108 Å². The van der Waals surface area contributed by atoms with Crippen LogP contribution in [0.25, 0.3) is 0 Å². The Bertz CT molecular complexity index is 1200. The Labute approximate surface area is 258 Å². The van der Waals surface area contributed by atoms with Crippen LogP contribution in [0.4, 0.5) is 0 Å². The second kappa shape index (κ2) is 17.0. The van der Waals surface area contributed by atoms with Gasteiger partial charge in [0, 0.05) is 12.4 Å². The maximum atomic E-state index is 4.13. The van der Waals surface area contributed by atoms with E-state index in [0.29, 0.717) is 0 Å². The van der Waals surface area contributed by atoms with Crippen LogP contribution in [0.5, 0.6) is 0 Å². The lowest BCUT2D eigenvalue weighted by molar-refractivity contribution is 0.376. The number of rotatable bonds is 11. The molecule has 2 rings (SSSR count). The van der Waals surface area contributed by atoms with Gasteiger partial charge in [-0.1, -0.05) is 111 Å². The first-order chi connectivity index (χ1) is 19.8. The third-order valence-electron chi connectivity index (χ3n) is 8.42. The standard InChI is InChI=1S/C40H56N2/c1-31(21-23-37-35(5)19-13-27-39(37,7)8)15-11-17-33(3)25-29-41-42-30-26-34(4)18-12-16-32(2)22-24-38-36(6)20-14-28-40(38,9)10/h11-12,15-18,21-26,29-30H,13-14,19-20,27-28H2,1-10H3/b17-11+,18-12+,23-21-,24-22+,31-15+,32-16-,33-25+,34-26-,41-29+,42-30+. The number of hydrogen-bond acceptors (Lipinski definition) is 2. The van der Waals surface area contributed by atoms with Crippen LogP contribution in [0.1, 0.15) is 108 Å². The van der Waals surface area contributed by atoms with Crippen molar-refractivity contribution < 1.29 is 0 Å². The highest BCUT2D eigenvalue weighted by Gasteiger charge is 2.27. The van der Waals surface area contributed by atoms with E-state index in [1.54, 1.807) is 12.4 Å². The van der Waals surface area contributed by atoms with Crippen LogP contribution in [-0.4, -0.2) is 12.4 Å². The second-order valence-electron chi connectivity index (χ2n) is 13.4. The van der Waals surface area contributed by atoms with Crippen molar-refractivity contribution in [2.75, 3.05) is 0 Å². The molecule has 2 aliphatic rings. The van der Waals surface area contributed by atoms with Gasteiger partial charge in [-0.05, 0) is 125 Å². The third kappa shape index (κ3) is 12.3. The van der Waals surface area contributed by atoms with Crippen LogP contribution in [0.3, 0.4) is 0 Å². The summed E-state index contributed by atoms with van der Waals surface area (Å²) in [7, 11) is 0. The van der Waals surface area contributed by atoms with Crippen LogP contribution in [-0.2, 0) is 0 Å². The lowest BCUT2D eigenvalue weighted by Crippen LogP contribution is -2.19. The Morgan fingerprint density at radius 3 is 1.26 bits per heavy atom. The summed E-state index contributed by atoms with van der Waals surface area (Å²) >= 11 is 0. The molecule has 0 aromatic rings. The summed E-state index contributed by atoms with van der Waals surface area (Å²) in [5.74, 6) is 0. The van der Waals surface area contributed by atoms with Crippen molar-refractivity contribution in [1.29, 1.82) is 0 Å². The zero-order valence-electron chi connectivity index (χ0n) is 28.2. The first-order valence-corrected chi connectivity index (χ1v) is 15.7. The predicted octanol–water partition coefficient (Wildman–Crippen LogP) is 12.1. The monoisotopic (exact) mass is 564 g/mol. The number of nitrogens with zero attached hydrogens (tertiary/aromatic N) is 2.